The molecule has 0 bridgehead atoms. The number of carbonyl (C=O) groups is 1. The summed E-state index contributed by atoms with van der Waals surface area (Å²) in [4.78, 5) is 23.9. The molecule has 0 saturated heterocycles. The number of carboxylic acid groups (broad SMARTS) is 1. The summed E-state index contributed by atoms with van der Waals surface area (Å²) in [5, 5.41) is 9.19. The Balaban J connectivity index is 2.17. The van der Waals surface area contributed by atoms with E-state index < -0.39 is 5.97 Å². The summed E-state index contributed by atoms with van der Waals surface area (Å²) in [7, 11) is 0. The first kappa shape index (κ1) is 14.0. The molecule has 112 valence electrons. The van der Waals surface area contributed by atoms with Gasteiger partial charge in [-0.25, -0.2) is 19.7 Å². The highest BCUT2D eigenvalue weighted by Gasteiger charge is 2.16. The van der Waals surface area contributed by atoms with Crippen molar-refractivity contribution in [3.05, 3.63) is 42.0 Å². The molecular formula is C15H14N4O3. The summed E-state index contributed by atoms with van der Waals surface area (Å²) < 4.78 is 7.02. The zero-order valence-corrected chi connectivity index (χ0v) is 12.1. The van der Waals surface area contributed by atoms with E-state index in [9.17, 15) is 9.90 Å². The predicted octanol–water partition coefficient (Wildman–Crippen LogP) is 2.20. The van der Waals surface area contributed by atoms with Crippen molar-refractivity contribution in [2.75, 3.05) is 6.61 Å². The van der Waals surface area contributed by atoms with Gasteiger partial charge in [0, 0.05) is 11.8 Å². The summed E-state index contributed by atoms with van der Waals surface area (Å²) in [5.74, 6) is -0.603. The Morgan fingerprint density at radius 1 is 1.32 bits per heavy atom. The lowest BCUT2D eigenvalue weighted by Crippen LogP contribution is -2.02. The molecule has 0 aliphatic carbocycles. The Kier molecular flexibility index (Phi) is 3.46. The normalized spacial score (nSPS) is 10.8. The molecule has 0 aliphatic rings. The number of fused-ring (bicyclic) bond motifs is 1. The van der Waals surface area contributed by atoms with Crippen LogP contribution in [0.1, 0.15) is 23.1 Å². The summed E-state index contributed by atoms with van der Waals surface area (Å²) in [5.41, 5.74) is 2.24. The Morgan fingerprint density at radius 2 is 2.14 bits per heavy atom. The first-order valence-electron chi connectivity index (χ1n) is 6.78. The lowest BCUT2D eigenvalue weighted by Gasteiger charge is -2.07. The van der Waals surface area contributed by atoms with Gasteiger partial charge >= 0.3 is 5.97 Å². The van der Waals surface area contributed by atoms with Crippen LogP contribution >= 0.6 is 0 Å². The lowest BCUT2D eigenvalue weighted by molar-refractivity contribution is 0.0693. The minimum atomic E-state index is -1.11. The van der Waals surface area contributed by atoms with Crippen molar-refractivity contribution in [2.24, 2.45) is 0 Å². The molecule has 3 heterocycles. The van der Waals surface area contributed by atoms with Crippen molar-refractivity contribution in [1.29, 1.82) is 0 Å². The number of hydrogen-bond acceptors (Lipinski definition) is 5. The maximum atomic E-state index is 11.2. The molecule has 1 N–H and O–H groups in total. The molecule has 0 atom stereocenters. The molecular weight excluding hydrogens is 284 g/mol. The molecule has 0 unspecified atom stereocenters. The maximum Gasteiger partial charge on any atom is 0.358 e. The van der Waals surface area contributed by atoms with Crippen LogP contribution in [0, 0.1) is 6.92 Å². The second-order valence-electron chi connectivity index (χ2n) is 4.67. The second-order valence-corrected chi connectivity index (χ2v) is 4.67. The van der Waals surface area contributed by atoms with Crippen LogP contribution < -0.4 is 4.74 Å². The third-order valence-electron chi connectivity index (χ3n) is 3.18. The number of nitrogens with zero attached hydrogens (tertiary/aromatic N) is 4. The van der Waals surface area contributed by atoms with Crippen molar-refractivity contribution >= 4 is 11.6 Å². The second kappa shape index (κ2) is 5.44. The number of pyridine rings is 1. The van der Waals surface area contributed by atoms with E-state index in [0.29, 0.717) is 29.5 Å². The van der Waals surface area contributed by atoms with Crippen LogP contribution in [0.4, 0.5) is 0 Å². The number of carboxylic acids is 1. The SMILES string of the molecule is CCOc1cccc(-c2cc(C)n3cnc(C(=O)O)c3n2)n1. The smallest absolute Gasteiger partial charge is 0.358 e. The molecule has 7 nitrogen and oxygen atoms in total. The van der Waals surface area contributed by atoms with Crippen LogP contribution in [0.3, 0.4) is 0 Å². The topological polar surface area (TPSA) is 89.6 Å². The van der Waals surface area contributed by atoms with Crippen molar-refractivity contribution in [2.45, 2.75) is 13.8 Å². The van der Waals surface area contributed by atoms with Crippen LogP contribution in [-0.2, 0) is 0 Å². The molecule has 0 aromatic carbocycles. The molecule has 3 aromatic heterocycles. The van der Waals surface area contributed by atoms with Crippen LogP contribution in [-0.4, -0.2) is 37.0 Å². The third-order valence-corrected chi connectivity index (χ3v) is 3.18. The van der Waals surface area contributed by atoms with Gasteiger partial charge in [-0.05, 0) is 26.0 Å². The Labute approximate surface area is 126 Å². The van der Waals surface area contributed by atoms with Gasteiger partial charge in [0.1, 0.15) is 6.33 Å². The average Bonchev–Trinajstić information content (AvgIpc) is 2.92. The number of ether oxygens (including phenoxy) is 1. The van der Waals surface area contributed by atoms with Gasteiger partial charge in [-0.3, -0.25) is 4.40 Å². The number of aromatic carboxylic acids is 1. The van der Waals surface area contributed by atoms with E-state index in [4.69, 9.17) is 4.74 Å². The molecule has 0 saturated carbocycles. The van der Waals surface area contributed by atoms with Gasteiger partial charge in [0.15, 0.2) is 11.3 Å². The molecule has 7 heteroatoms. The Bertz CT molecular complexity index is 857. The number of hydrogen-bond donors (Lipinski definition) is 1. The number of aromatic nitrogens is 4. The fourth-order valence-electron chi connectivity index (χ4n) is 2.19. The highest BCUT2D eigenvalue weighted by atomic mass is 16.5. The van der Waals surface area contributed by atoms with Crippen LogP contribution in [0.5, 0.6) is 5.88 Å². The Morgan fingerprint density at radius 3 is 2.86 bits per heavy atom. The molecule has 0 radical (unpaired) electrons. The van der Waals surface area contributed by atoms with Gasteiger partial charge in [0.05, 0.1) is 18.0 Å². The van der Waals surface area contributed by atoms with Crippen molar-refractivity contribution < 1.29 is 14.6 Å². The maximum absolute atomic E-state index is 11.2. The van der Waals surface area contributed by atoms with Crippen molar-refractivity contribution in [1.82, 2.24) is 19.4 Å². The number of rotatable bonds is 4. The van der Waals surface area contributed by atoms with E-state index in [2.05, 4.69) is 15.0 Å². The number of imidazole rings is 1. The standard InChI is InChI=1S/C15H14N4O3/c1-3-22-12-6-4-5-10(17-12)11-7-9(2)19-8-16-13(15(20)21)14(19)18-11/h4-8H,3H2,1-2H3,(H,20,21). The van der Waals surface area contributed by atoms with E-state index in [-0.39, 0.29) is 5.69 Å². The minimum absolute atomic E-state index is 0.0779. The van der Waals surface area contributed by atoms with Crippen molar-refractivity contribution in [3.8, 4) is 17.3 Å². The molecule has 0 aliphatic heterocycles. The van der Waals surface area contributed by atoms with E-state index in [1.54, 1.807) is 16.5 Å². The first-order chi connectivity index (χ1) is 10.6. The monoisotopic (exact) mass is 298 g/mol. The predicted molar refractivity (Wildman–Crippen MR) is 79.1 cm³/mol. The van der Waals surface area contributed by atoms with Crippen LogP contribution in [0.15, 0.2) is 30.6 Å². The fraction of sp³-hybridized carbons (Fsp3) is 0.200. The molecule has 3 aromatic rings. The fourth-order valence-corrected chi connectivity index (χ4v) is 2.19. The average molecular weight is 298 g/mol. The molecule has 0 amide bonds. The summed E-state index contributed by atoms with van der Waals surface area (Å²) in [6.07, 6.45) is 1.45. The molecule has 0 spiro atoms. The minimum Gasteiger partial charge on any atom is -0.478 e. The van der Waals surface area contributed by atoms with Crippen LogP contribution in [0.25, 0.3) is 17.0 Å². The third kappa shape index (κ3) is 2.37. The molecule has 0 fully saturated rings. The van der Waals surface area contributed by atoms with E-state index in [0.717, 1.165) is 5.69 Å². The summed E-state index contributed by atoms with van der Waals surface area (Å²) in [6.45, 7) is 4.26. The zero-order chi connectivity index (χ0) is 15.7. The zero-order valence-electron chi connectivity index (χ0n) is 12.1. The number of aryl methyl sites for hydroxylation is 1. The van der Waals surface area contributed by atoms with Gasteiger partial charge in [-0.2, -0.15) is 0 Å². The Hall–Kier alpha value is -2.96. The van der Waals surface area contributed by atoms with Gasteiger partial charge in [-0.15, -0.1) is 0 Å². The first-order valence-corrected chi connectivity index (χ1v) is 6.78. The van der Waals surface area contributed by atoms with Gasteiger partial charge in [-0.1, -0.05) is 6.07 Å². The van der Waals surface area contributed by atoms with E-state index in [1.807, 2.05) is 26.0 Å². The van der Waals surface area contributed by atoms with Gasteiger partial charge in [0.25, 0.3) is 0 Å². The largest absolute Gasteiger partial charge is 0.478 e. The quantitative estimate of drug-likeness (QED) is 0.794. The van der Waals surface area contributed by atoms with E-state index >= 15 is 0 Å². The van der Waals surface area contributed by atoms with Gasteiger partial charge < -0.3 is 9.84 Å². The molecule has 22 heavy (non-hydrogen) atoms. The lowest BCUT2D eigenvalue weighted by atomic mass is 10.2. The summed E-state index contributed by atoms with van der Waals surface area (Å²) >= 11 is 0. The van der Waals surface area contributed by atoms with Crippen LogP contribution in [0.2, 0.25) is 0 Å². The highest BCUT2D eigenvalue weighted by molar-refractivity contribution is 5.92. The molecule has 3 rings (SSSR count). The highest BCUT2D eigenvalue weighted by Crippen LogP contribution is 2.21. The summed E-state index contributed by atoms with van der Waals surface area (Å²) in [6, 6.07) is 7.22. The van der Waals surface area contributed by atoms with E-state index in [1.165, 1.54) is 6.33 Å². The van der Waals surface area contributed by atoms with Crippen molar-refractivity contribution in [3.63, 3.8) is 0 Å². The van der Waals surface area contributed by atoms with Gasteiger partial charge in [0.2, 0.25) is 5.88 Å².